The van der Waals surface area contributed by atoms with E-state index >= 15 is 0 Å². The lowest BCUT2D eigenvalue weighted by Gasteiger charge is -2.27. The summed E-state index contributed by atoms with van der Waals surface area (Å²) in [6.45, 7) is 0. The first-order chi connectivity index (χ1) is 21.8. The fourth-order valence-electron chi connectivity index (χ4n) is 6.61. The van der Waals surface area contributed by atoms with Gasteiger partial charge in [0.05, 0.1) is 22.8 Å². The van der Waals surface area contributed by atoms with Crippen LogP contribution in [0.3, 0.4) is 0 Å². The van der Waals surface area contributed by atoms with Crippen LogP contribution in [-0.4, -0.2) is 35.5 Å². The van der Waals surface area contributed by atoms with Crippen LogP contribution >= 0.6 is 0 Å². The van der Waals surface area contributed by atoms with Gasteiger partial charge in [0.1, 0.15) is 0 Å². The van der Waals surface area contributed by atoms with Crippen molar-refractivity contribution in [3.63, 3.8) is 0 Å². The smallest absolute Gasteiger partial charge is 0.234 e. The SMILES string of the molecule is C1=CC2c3ccc4c5ccccc5n(-c5ncccn5)c4c3N(c3nc(-c4ccccc4)nc(-c4ccccc4)n3)C2C=C1. The van der Waals surface area contributed by atoms with Crippen molar-refractivity contribution in [2.24, 2.45) is 0 Å². The maximum absolute atomic E-state index is 5.17. The Bertz CT molecular complexity index is 2180. The van der Waals surface area contributed by atoms with Gasteiger partial charge in [0.2, 0.25) is 11.9 Å². The molecule has 7 nitrogen and oxygen atoms in total. The molecule has 2 unspecified atom stereocenters. The van der Waals surface area contributed by atoms with Gasteiger partial charge in [-0.15, -0.1) is 0 Å². The zero-order valence-corrected chi connectivity index (χ0v) is 23.6. The fraction of sp³-hybridized carbons (Fsp3) is 0.0541. The van der Waals surface area contributed by atoms with Gasteiger partial charge in [-0.1, -0.05) is 115 Å². The summed E-state index contributed by atoms with van der Waals surface area (Å²) in [6.07, 6.45) is 12.4. The zero-order valence-electron chi connectivity index (χ0n) is 23.6. The van der Waals surface area contributed by atoms with Crippen LogP contribution in [0, 0.1) is 0 Å². The summed E-state index contributed by atoms with van der Waals surface area (Å²) < 4.78 is 2.18. The minimum atomic E-state index is -0.0154. The highest BCUT2D eigenvalue weighted by atomic mass is 15.3. The lowest BCUT2D eigenvalue weighted by atomic mass is 9.91. The third-order valence-corrected chi connectivity index (χ3v) is 8.50. The van der Waals surface area contributed by atoms with Crippen molar-refractivity contribution in [1.29, 1.82) is 0 Å². The van der Waals surface area contributed by atoms with Crippen molar-refractivity contribution in [2.45, 2.75) is 12.0 Å². The molecule has 4 aromatic carbocycles. The van der Waals surface area contributed by atoms with E-state index in [4.69, 9.17) is 24.9 Å². The summed E-state index contributed by atoms with van der Waals surface area (Å²) in [6, 6.07) is 35.0. The highest BCUT2D eigenvalue weighted by Crippen LogP contribution is 2.52. The molecule has 44 heavy (non-hydrogen) atoms. The lowest BCUT2D eigenvalue weighted by Crippen LogP contribution is -2.30. The summed E-state index contributed by atoms with van der Waals surface area (Å²) in [4.78, 5) is 27.0. The first kappa shape index (κ1) is 24.6. The van der Waals surface area contributed by atoms with Crippen LogP contribution < -0.4 is 4.90 Å². The zero-order chi connectivity index (χ0) is 29.0. The van der Waals surface area contributed by atoms with Gasteiger partial charge >= 0.3 is 0 Å². The molecule has 0 saturated carbocycles. The Balaban J connectivity index is 1.38. The van der Waals surface area contributed by atoms with E-state index in [0.717, 1.165) is 38.6 Å². The van der Waals surface area contributed by atoms with Gasteiger partial charge in [0, 0.05) is 40.2 Å². The number of para-hydroxylation sites is 1. The van der Waals surface area contributed by atoms with Gasteiger partial charge in [-0.3, -0.25) is 4.57 Å². The maximum atomic E-state index is 5.17. The predicted molar refractivity (Wildman–Crippen MR) is 174 cm³/mol. The van der Waals surface area contributed by atoms with Gasteiger partial charge in [-0.05, 0) is 17.7 Å². The second-order valence-electron chi connectivity index (χ2n) is 11.0. The molecule has 0 N–H and O–H groups in total. The number of hydrogen-bond acceptors (Lipinski definition) is 6. The minimum absolute atomic E-state index is 0.0154. The first-order valence-corrected chi connectivity index (χ1v) is 14.7. The predicted octanol–water partition coefficient (Wildman–Crippen LogP) is 7.82. The van der Waals surface area contributed by atoms with Crippen molar-refractivity contribution < 1.29 is 0 Å². The highest BCUT2D eigenvalue weighted by molar-refractivity contribution is 6.14. The van der Waals surface area contributed by atoms with Gasteiger partial charge in [0.15, 0.2) is 11.6 Å². The Labute approximate surface area is 253 Å². The summed E-state index contributed by atoms with van der Waals surface area (Å²) >= 11 is 0. The van der Waals surface area contributed by atoms with Crippen LogP contribution in [0.1, 0.15) is 11.5 Å². The molecule has 0 amide bonds. The fourth-order valence-corrected chi connectivity index (χ4v) is 6.61. The van der Waals surface area contributed by atoms with Gasteiger partial charge in [-0.25, -0.2) is 15.0 Å². The van der Waals surface area contributed by atoms with Gasteiger partial charge in [0.25, 0.3) is 0 Å². The summed E-state index contributed by atoms with van der Waals surface area (Å²) in [5.41, 5.74) is 6.23. The number of hydrogen-bond donors (Lipinski definition) is 0. The van der Waals surface area contributed by atoms with Crippen LogP contribution in [0.15, 0.2) is 140 Å². The normalized spacial score (nSPS) is 16.9. The largest absolute Gasteiger partial charge is 0.300 e. The number of nitrogens with zero attached hydrogens (tertiary/aromatic N) is 7. The molecule has 0 saturated heterocycles. The molecule has 0 bridgehead atoms. The van der Waals surface area contributed by atoms with E-state index in [9.17, 15) is 0 Å². The van der Waals surface area contributed by atoms with E-state index in [1.165, 1.54) is 5.56 Å². The molecule has 3 aromatic heterocycles. The van der Waals surface area contributed by atoms with Crippen LogP contribution in [0.2, 0.25) is 0 Å². The lowest BCUT2D eigenvalue weighted by molar-refractivity contribution is 0.728. The molecule has 2 aliphatic rings. The van der Waals surface area contributed by atoms with E-state index in [0.29, 0.717) is 23.5 Å². The van der Waals surface area contributed by atoms with Crippen LogP contribution in [0.4, 0.5) is 11.6 Å². The summed E-state index contributed by atoms with van der Waals surface area (Å²) in [7, 11) is 0. The average Bonchev–Trinajstić information content (AvgIpc) is 3.62. The molecule has 1 aliphatic carbocycles. The molecular weight excluding hydrogens is 542 g/mol. The molecular formula is C37H25N7. The Morgan fingerprint density at radius 3 is 1.93 bits per heavy atom. The quantitative estimate of drug-likeness (QED) is 0.216. The molecule has 9 rings (SSSR count). The van der Waals surface area contributed by atoms with E-state index in [1.807, 2.05) is 66.7 Å². The molecule has 7 heteroatoms. The molecule has 1 aliphatic heterocycles. The molecule has 2 atom stereocenters. The van der Waals surface area contributed by atoms with Gasteiger partial charge in [-0.2, -0.15) is 9.97 Å². The Hall–Kier alpha value is -5.95. The van der Waals surface area contributed by atoms with E-state index in [1.54, 1.807) is 12.4 Å². The number of fused-ring (bicyclic) bond motifs is 7. The second kappa shape index (κ2) is 9.81. The molecule has 208 valence electrons. The van der Waals surface area contributed by atoms with Crippen LogP contribution in [0.25, 0.3) is 50.5 Å². The topological polar surface area (TPSA) is 72.6 Å². The summed E-state index contributed by atoms with van der Waals surface area (Å²) in [5, 5.41) is 2.27. The molecule has 0 spiro atoms. The molecule has 7 aromatic rings. The second-order valence-corrected chi connectivity index (χ2v) is 11.0. The number of benzene rings is 4. The van der Waals surface area contributed by atoms with E-state index < -0.39 is 0 Å². The number of anilines is 2. The summed E-state index contributed by atoms with van der Waals surface area (Å²) in [5.74, 6) is 2.62. The number of aromatic nitrogens is 6. The highest BCUT2D eigenvalue weighted by Gasteiger charge is 2.41. The van der Waals surface area contributed by atoms with Crippen molar-refractivity contribution in [1.82, 2.24) is 29.5 Å². The number of allylic oxidation sites excluding steroid dienone is 2. The Morgan fingerprint density at radius 1 is 0.545 bits per heavy atom. The Kier molecular flexibility index (Phi) is 5.49. The van der Waals surface area contributed by atoms with E-state index in [-0.39, 0.29) is 12.0 Å². The molecule has 0 radical (unpaired) electrons. The standard InChI is InChI=1S/C37H25N7/c1-3-12-24(13-4-1)34-40-35(25-14-5-2-6-15-25)42-37(41-34)44-31-19-10-8-17-27(31)29-21-20-28-26-16-7-9-18-30(26)43(32(28)33(29)44)36-38-22-11-23-39-36/h1-23,27,31H. The molecule has 4 heterocycles. The van der Waals surface area contributed by atoms with Crippen molar-refractivity contribution in [3.05, 3.63) is 145 Å². The third kappa shape index (κ3) is 3.72. The average molecular weight is 568 g/mol. The maximum Gasteiger partial charge on any atom is 0.234 e. The number of rotatable bonds is 4. The van der Waals surface area contributed by atoms with Crippen LogP contribution in [-0.2, 0) is 0 Å². The third-order valence-electron chi connectivity index (χ3n) is 8.50. The minimum Gasteiger partial charge on any atom is -0.300 e. The van der Waals surface area contributed by atoms with Crippen molar-refractivity contribution in [3.8, 4) is 28.7 Å². The van der Waals surface area contributed by atoms with Crippen molar-refractivity contribution in [2.75, 3.05) is 4.90 Å². The molecule has 0 fully saturated rings. The van der Waals surface area contributed by atoms with Crippen LogP contribution in [0.5, 0.6) is 0 Å². The first-order valence-electron chi connectivity index (χ1n) is 14.7. The van der Waals surface area contributed by atoms with Gasteiger partial charge < -0.3 is 4.90 Å². The van der Waals surface area contributed by atoms with E-state index in [2.05, 4.69) is 70.2 Å². The van der Waals surface area contributed by atoms with Crippen molar-refractivity contribution >= 4 is 33.4 Å². The Morgan fingerprint density at radius 2 is 1.20 bits per heavy atom. The monoisotopic (exact) mass is 567 g/mol.